The van der Waals surface area contributed by atoms with E-state index in [2.05, 4.69) is 10.1 Å². The number of carbonyl (C=O) groups excluding carboxylic acids is 1. The van der Waals surface area contributed by atoms with Gasteiger partial charge in [-0.05, 0) is 24.7 Å². The Bertz CT molecular complexity index is 269. The Balaban J connectivity index is 2.12. The number of carbonyl (C=O) groups is 2. The number of rotatable bonds is 7. The normalized spacial score (nSPS) is 23.6. The van der Waals surface area contributed by atoms with Gasteiger partial charge < -0.3 is 20.3 Å². The predicted molar refractivity (Wildman–Crippen MR) is 59.4 cm³/mol. The number of amides is 1. The Labute approximate surface area is 100.0 Å². The van der Waals surface area contributed by atoms with Crippen LogP contribution in [0.1, 0.15) is 19.3 Å². The number of aliphatic hydroxyl groups excluding tert-OH is 1. The molecule has 3 N–H and O–H groups in total. The first kappa shape index (κ1) is 13.9. The molecule has 2 unspecified atom stereocenters. The maximum atomic E-state index is 11.3. The van der Waals surface area contributed by atoms with Crippen LogP contribution in [0, 0.1) is 11.8 Å². The molecular formula is C11H19NO5. The molecule has 0 aromatic carbocycles. The highest BCUT2D eigenvalue weighted by molar-refractivity contribution is 5.77. The minimum atomic E-state index is -1.09. The standard InChI is InChI=1S/C11H19NO5/c13-5-9-3-1-2-8(9)4-12-10(14)6-17-7-11(15)16/h8-9,13H,1-7H2,(H,12,14)(H,15,16). The molecule has 1 fully saturated rings. The van der Waals surface area contributed by atoms with Gasteiger partial charge in [0, 0.05) is 13.2 Å². The number of carboxylic acid groups (broad SMARTS) is 1. The van der Waals surface area contributed by atoms with Crippen LogP contribution in [-0.4, -0.2) is 48.5 Å². The minimum absolute atomic E-state index is 0.163. The molecule has 0 heterocycles. The van der Waals surface area contributed by atoms with Crippen LogP contribution in [0.2, 0.25) is 0 Å². The summed E-state index contributed by atoms with van der Waals surface area (Å²) in [4.78, 5) is 21.4. The van der Waals surface area contributed by atoms with Crippen molar-refractivity contribution in [2.45, 2.75) is 19.3 Å². The Morgan fingerprint density at radius 3 is 2.59 bits per heavy atom. The fraction of sp³-hybridized carbons (Fsp3) is 0.818. The van der Waals surface area contributed by atoms with Gasteiger partial charge in [0.1, 0.15) is 13.2 Å². The van der Waals surface area contributed by atoms with Crippen LogP contribution in [0.4, 0.5) is 0 Å². The van der Waals surface area contributed by atoms with Crippen LogP contribution < -0.4 is 5.32 Å². The number of hydrogen-bond acceptors (Lipinski definition) is 4. The molecule has 0 aliphatic heterocycles. The summed E-state index contributed by atoms with van der Waals surface area (Å²) in [7, 11) is 0. The van der Waals surface area contributed by atoms with Crippen molar-refractivity contribution in [3.05, 3.63) is 0 Å². The van der Waals surface area contributed by atoms with Crippen molar-refractivity contribution in [3.63, 3.8) is 0 Å². The van der Waals surface area contributed by atoms with Gasteiger partial charge in [-0.1, -0.05) is 6.42 Å². The third-order valence-corrected chi connectivity index (χ3v) is 3.07. The van der Waals surface area contributed by atoms with Gasteiger partial charge in [0.15, 0.2) is 0 Å². The van der Waals surface area contributed by atoms with Crippen LogP contribution >= 0.6 is 0 Å². The smallest absolute Gasteiger partial charge is 0.329 e. The fourth-order valence-electron chi connectivity index (χ4n) is 2.15. The molecule has 6 heteroatoms. The van der Waals surface area contributed by atoms with E-state index in [1.807, 2.05) is 0 Å². The van der Waals surface area contributed by atoms with Gasteiger partial charge in [0.05, 0.1) is 0 Å². The summed E-state index contributed by atoms with van der Waals surface area (Å²) in [5.74, 6) is -0.803. The first-order valence-electron chi connectivity index (χ1n) is 5.80. The second kappa shape index (κ2) is 7.24. The molecule has 1 aliphatic carbocycles. The van der Waals surface area contributed by atoms with E-state index >= 15 is 0 Å². The Kier molecular flexibility index (Phi) is 5.93. The van der Waals surface area contributed by atoms with Crippen molar-refractivity contribution in [1.29, 1.82) is 0 Å². The monoisotopic (exact) mass is 245 g/mol. The number of aliphatic carboxylic acids is 1. The topological polar surface area (TPSA) is 95.9 Å². The lowest BCUT2D eigenvalue weighted by Crippen LogP contribution is -2.34. The van der Waals surface area contributed by atoms with Gasteiger partial charge in [0.25, 0.3) is 0 Å². The highest BCUT2D eigenvalue weighted by atomic mass is 16.5. The number of hydrogen-bond donors (Lipinski definition) is 3. The molecule has 17 heavy (non-hydrogen) atoms. The van der Waals surface area contributed by atoms with Crippen molar-refractivity contribution in [3.8, 4) is 0 Å². The highest BCUT2D eigenvalue weighted by Gasteiger charge is 2.26. The average molecular weight is 245 g/mol. The van der Waals surface area contributed by atoms with E-state index in [0.29, 0.717) is 12.5 Å². The lowest BCUT2D eigenvalue weighted by Gasteiger charge is -2.17. The zero-order valence-corrected chi connectivity index (χ0v) is 9.72. The molecule has 6 nitrogen and oxygen atoms in total. The van der Waals surface area contributed by atoms with Crippen LogP contribution in [0.25, 0.3) is 0 Å². The zero-order valence-electron chi connectivity index (χ0n) is 9.72. The number of nitrogens with one attached hydrogen (secondary N) is 1. The summed E-state index contributed by atoms with van der Waals surface area (Å²) in [5.41, 5.74) is 0. The van der Waals surface area contributed by atoms with Crippen LogP contribution in [-0.2, 0) is 14.3 Å². The van der Waals surface area contributed by atoms with Gasteiger partial charge in [-0.2, -0.15) is 0 Å². The fourth-order valence-corrected chi connectivity index (χ4v) is 2.15. The van der Waals surface area contributed by atoms with E-state index in [9.17, 15) is 9.59 Å². The summed E-state index contributed by atoms with van der Waals surface area (Å²) in [6.07, 6.45) is 3.11. The van der Waals surface area contributed by atoms with Crippen molar-refractivity contribution in [1.82, 2.24) is 5.32 Å². The highest BCUT2D eigenvalue weighted by Crippen LogP contribution is 2.30. The van der Waals surface area contributed by atoms with Gasteiger partial charge in [-0.3, -0.25) is 4.79 Å². The van der Waals surface area contributed by atoms with Crippen molar-refractivity contribution in [2.75, 3.05) is 26.4 Å². The molecule has 98 valence electrons. The molecule has 1 saturated carbocycles. The lowest BCUT2D eigenvalue weighted by atomic mass is 9.97. The Morgan fingerprint density at radius 1 is 1.24 bits per heavy atom. The SMILES string of the molecule is O=C(O)COCC(=O)NCC1CCCC1CO. The van der Waals surface area contributed by atoms with Crippen LogP contribution in [0.3, 0.4) is 0 Å². The van der Waals surface area contributed by atoms with E-state index in [1.165, 1.54) is 0 Å². The predicted octanol–water partition coefficient (Wildman–Crippen LogP) is -0.388. The molecule has 0 spiro atoms. The number of carboxylic acids is 1. The van der Waals surface area contributed by atoms with Gasteiger partial charge in [0.2, 0.25) is 5.91 Å². The summed E-state index contributed by atoms with van der Waals surface area (Å²) < 4.78 is 4.66. The van der Waals surface area contributed by atoms with Crippen LogP contribution in [0.15, 0.2) is 0 Å². The molecule has 1 rings (SSSR count). The number of aliphatic hydroxyl groups is 1. The molecular weight excluding hydrogens is 226 g/mol. The van der Waals surface area contributed by atoms with E-state index in [-0.39, 0.29) is 25.0 Å². The van der Waals surface area contributed by atoms with Gasteiger partial charge in [-0.25, -0.2) is 4.79 Å². The lowest BCUT2D eigenvalue weighted by molar-refractivity contribution is -0.143. The van der Waals surface area contributed by atoms with Crippen LogP contribution in [0.5, 0.6) is 0 Å². The molecule has 0 saturated heterocycles. The number of ether oxygens (including phenoxy) is 1. The maximum absolute atomic E-state index is 11.3. The van der Waals surface area contributed by atoms with E-state index in [4.69, 9.17) is 10.2 Å². The molecule has 0 bridgehead atoms. The largest absolute Gasteiger partial charge is 0.480 e. The van der Waals surface area contributed by atoms with Crippen molar-refractivity contribution < 1.29 is 24.5 Å². The Hall–Kier alpha value is -1.14. The van der Waals surface area contributed by atoms with Gasteiger partial charge in [-0.15, -0.1) is 0 Å². The summed E-state index contributed by atoms with van der Waals surface area (Å²) >= 11 is 0. The van der Waals surface area contributed by atoms with Crippen molar-refractivity contribution >= 4 is 11.9 Å². The zero-order chi connectivity index (χ0) is 12.7. The summed E-state index contributed by atoms with van der Waals surface area (Å²) in [6.45, 7) is -0.00450. The van der Waals surface area contributed by atoms with E-state index in [1.54, 1.807) is 0 Å². The summed E-state index contributed by atoms with van der Waals surface area (Å²) in [6, 6.07) is 0. The molecule has 1 aliphatic rings. The molecule has 0 aromatic heterocycles. The average Bonchev–Trinajstić information content (AvgIpc) is 2.73. The second-order valence-electron chi connectivity index (χ2n) is 4.32. The first-order valence-corrected chi connectivity index (χ1v) is 5.80. The molecule has 0 aromatic rings. The maximum Gasteiger partial charge on any atom is 0.329 e. The third kappa shape index (κ3) is 5.14. The Morgan fingerprint density at radius 2 is 1.94 bits per heavy atom. The molecule has 0 radical (unpaired) electrons. The minimum Gasteiger partial charge on any atom is -0.480 e. The molecule has 2 atom stereocenters. The van der Waals surface area contributed by atoms with E-state index < -0.39 is 12.6 Å². The third-order valence-electron chi connectivity index (χ3n) is 3.07. The molecule has 1 amide bonds. The first-order chi connectivity index (χ1) is 8.13. The van der Waals surface area contributed by atoms with E-state index in [0.717, 1.165) is 19.3 Å². The van der Waals surface area contributed by atoms with Crippen molar-refractivity contribution in [2.24, 2.45) is 11.8 Å². The van der Waals surface area contributed by atoms with Gasteiger partial charge >= 0.3 is 5.97 Å². The quantitative estimate of drug-likeness (QED) is 0.568. The second-order valence-corrected chi connectivity index (χ2v) is 4.32. The summed E-state index contributed by atoms with van der Waals surface area (Å²) in [5, 5.41) is 20.1.